The van der Waals surface area contributed by atoms with Crippen molar-refractivity contribution in [3.8, 4) is 0 Å². The second kappa shape index (κ2) is 11.1. The SMILES string of the molecule is COC(=O)[C@H](CO)NC(=O)[C@@H](CC(C)C)NC(=O)OCc1ccccc1. The lowest BCUT2D eigenvalue weighted by atomic mass is 10.0. The Kier molecular flexibility index (Phi) is 9.14. The fourth-order valence-electron chi connectivity index (χ4n) is 2.20. The van der Waals surface area contributed by atoms with Gasteiger partial charge in [-0.25, -0.2) is 9.59 Å². The first-order valence-corrected chi connectivity index (χ1v) is 8.33. The smallest absolute Gasteiger partial charge is 0.408 e. The van der Waals surface area contributed by atoms with Gasteiger partial charge in [0, 0.05) is 0 Å². The van der Waals surface area contributed by atoms with Crippen LogP contribution in [0.3, 0.4) is 0 Å². The Labute approximate surface area is 152 Å². The molecule has 0 heterocycles. The molecule has 0 aliphatic rings. The van der Waals surface area contributed by atoms with E-state index in [-0.39, 0.29) is 12.5 Å². The Bertz CT molecular complexity index is 591. The summed E-state index contributed by atoms with van der Waals surface area (Å²) in [5, 5.41) is 14.1. The van der Waals surface area contributed by atoms with Gasteiger partial charge in [0.15, 0.2) is 6.04 Å². The number of aliphatic hydroxyl groups is 1. The number of esters is 1. The molecule has 2 amide bonds. The first-order chi connectivity index (χ1) is 12.4. The molecule has 0 aromatic heterocycles. The summed E-state index contributed by atoms with van der Waals surface area (Å²) in [5.41, 5.74) is 0.818. The lowest BCUT2D eigenvalue weighted by Gasteiger charge is -2.22. The van der Waals surface area contributed by atoms with Crippen molar-refractivity contribution >= 4 is 18.0 Å². The molecular weight excluding hydrogens is 340 g/mol. The number of benzene rings is 1. The fourth-order valence-corrected chi connectivity index (χ4v) is 2.20. The highest BCUT2D eigenvalue weighted by Gasteiger charge is 2.27. The minimum atomic E-state index is -1.19. The highest BCUT2D eigenvalue weighted by molar-refractivity contribution is 5.89. The van der Waals surface area contributed by atoms with Gasteiger partial charge in [0.2, 0.25) is 5.91 Å². The Balaban J connectivity index is 2.65. The summed E-state index contributed by atoms with van der Waals surface area (Å²) in [6.45, 7) is 3.25. The van der Waals surface area contributed by atoms with E-state index in [2.05, 4.69) is 15.4 Å². The van der Waals surface area contributed by atoms with Crippen LogP contribution in [0.25, 0.3) is 0 Å². The molecule has 8 nitrogen and oxygen atoms in total. The third-order valence-corrected chi connectivity index (χ3v) is 3.51. The van der Waals surface area contributed by atoms with Crippen LogP contribution in [0.2, 0.25) is 0 Å². The molecule has 0 fully saturated rings. The zero-order valence-electron chi connectivity index (χ0n) is 15.2. The van der Waals surface area contributed by atoms with Crippen LogP contribution in [0.15, 0.2) is 30.3 Å². The third-order valence-electron chi connectivity index (χ3n) is 3.51. The van der Waals surface area contributed by atoms with Crippen LogP contribution in [-0.2, 0) is 25.7 Å². The molecule has 1 aromatic carbocycles. The van der Waals surface area contributed by atoms with Crippen LogP contribution < -0.4 is 10.6 Å². The molecule has 26 heavy (non-hydrogen) atoms. The van der Waals surface area contributed by atoms with Crippen molar-refractivity contribution in [1.82, 2.24) is 10.6 Å². The molecule has 8 heteroatoms. The number of nitrogens with one attached hydrogen (secondary N) is 2. The Hall–Kier alpha value is -2.61. The largest absolute Gasteiger partial charge is 0.467 e. The van der Waals surface area contributed by atoms with Gasteiger partial charge < -0.3 is 25.2 Å². The van der Waals surface area contributed by atoms with Gasteiger partial charge in [-0.15, -0.1) is 0 Å². The van der Waals surface area contributed by atoms with Gasteiger partial charge in [-0.2, -0.15) is 0 Å². The number of rotatable bonds is 9. The topological polar surface area (TPSA) is 114 Å². The van der Waals surface area contributed by atoms with Crippen LogP contribution in [0.5, 0.6) is 0 Å². The first kappa shape index (κ1) is 21.4. The molecule has 0 aliphatic carbocycles. The normalized spacial score (nSPS) is 12.8. The molecule has 0 unspecified atom stereocenters. The summed E-state index contributed by atoms with van der Waals surface area (Å²) >= 11 is 0. The van der Waals surface area contributed by atoms with Gasteiger partial charge in [0.25, 0.3) is 0 Å². The van der Waals surface area contributed by atoms with E-state index in [9.17, 15) is 19.5 Å². The zero-order chi connectivity index (χ0) is 19.5. The number of carbonyl (C=O) groups excluding carboxylic acids is 3. The number of carbonyl (C=O) groups is 3. The average Bonchev–Trinajstić information content (AvgIpc) is 2.63. The van der Waals surface area contributed by atoms with Gasteiger partial charge in [0.1, 0.15) is 12.6 Å². The number of aliphatic hydroxyl groups excluding tert-OH is 1. The standard InChI is InChI=1S/C18H26N2O6/c1-12(2)9-14(16(22)19-15(10-21)17(23)25-3)20-18(24)26-11-13-7-5-4-6-8-13/h4-8,12,14-15,21H,9-11H2,1-3H3,(H,19,22)(H,20,24)/t14-,15+/m1/s1. The summed E-state index contributed by atoms with van der Waals surface area (Å²) in [5.74, 6) is -1.26. The predicted molar refractivity (Wildman–Crippen MR) is 94.0 cm³/mol. The maximum Gasteiger partial charge on any atom is 0.408 e. The zero-order valence-corrected chi connectivity index (χ0v) is 15.2. The third kappa shape index (κ3) is 7.52. The molecule has 0 spiro atoms. The Morgan fingerprint density at radius 2 is 1.73 bits per heavy atom. The molecule has 0 aliphatic heterocycles. The highest BCUT2D eigenvalue weighted by atomic mass is 16.5. The summed E-state index contributed by atoms with van der Waals surface area (Å²) in [4.78, 5) is 35.9. The lowest BCUT2D eigenvalue weighted by Crippen LogP contribution is -2.53. The summed E-state index contributed by atoms with van der Waals surface area (Å²) in [6.07, 6.45) is -0.403. The van der Waals surface area contributed by atoms with Crippen LogP contribution in [0, 0.1) is 5.92 Å². The van der Waals surface area contributed by atoms with E-state index in [0.29, 0.717) is 6.42 Å². The fraction of sp³-hybridized carbons (Fsp3) is 0.500. The van der Waals surface area contributed by atoms with Crippen molar-refractivity contribution in [2.24, 2.45) is 5.92 Å². The van der Waals surface area contributed by atoms with Crippen molar-refractivity contribution < 1.29 is 29.0 Å². The molecule has 1 rings (SSSR count). The number of hydrogen-bond donors (Lipinski definition) is 3. The summed E-state index contributed by atoms with van der Waals surface area (Å²) in [6, 6.07) is 7.04. The van der Waals surface area contributed by atoms with Crippen LogP contribution >= 0.6 is 0 Å². The van der Waals surface area contributed by atoms with Gasteiger partial charge >= 0.3 is 12.1 Å². The second-order valence-electron chi connectivity index (χ2n) is 6.16. The van der Waals surface area contributed by atoms with E-state index in [1.165, 1.54) is 0 Å². The average molecular weight is 366 g/mol. The lowest BCUT2D eigenvalue weighted by molar-refractivity contribution is -0.146. The number of amides is 2. The van der Waals surface area contributed by atoms with E-state index < -0.39 is 36.7 Å². The van der Waals surface area contributed by atoms with Gasteiger partial charge in [-0.3, -0.25) is 4.79 Å². The predicted octanol–water partition coefficient (Wildman–Crippen LogP) is 0.978. The van der Waals surface area contributed by atoms with Gasteiger partial charge in [-0.1, -0.05) is 44.2 Å². The number of alkyl carbamates (subject to hydrolysis) is 1. The van der Waals surface area contributed by atoms with E-state index in [1.54, 1.807) is 0 Å². The first-order valence-electron chi connectivity index (χ1n) is 8.33. The van der Waals surface area contributed by atoms with Crippen molar-refractivity contribution in [3.63, 3.8) is 0 Å². The summed E-state index contributed by atoms with van der Waals surface area (Å²) < 4.78 is 9.63. The van der Waals surface area contributed by atoms with Crippen LogP contribution in [0.1, 0.15) is 25.8 Å². The van der Waals surface area contributed by atoms with Crippen molar-refractivity contribution in [1.29, 1.82) is 0 Å². The monoisotopic (exact) mass is 366 g/mol. The summed E-state index contributed by atoms with van der Waals surface area (Å²) in [7, 11) is 1.15. The van der Waals surface area contributed by atoms with E-state index in [0.717, 1.165) is 12.7 Å². The van der Waals surface area contributed by atoms with E-state index in [4.69, 9.17) is 4.74 Å². The molecular formula is C18H26N2O6. The maximum atomic E-state index is 12.4. The molecule has 0 radical (unpaired) electrons. The van der Waals surface area contributed by atoms with Crippen molar-refractivity contribution in [2.75, 3.05) is 13.7 Å². The maximum absolute atomic E-state index is 12.4. The van der Waals surface area contributed by atoms with Crippen molar-refractivity contribution in [3.05, 3.63) is 35.9 Å². The minimum absolute atomic E-state index is 0.0735. The molecule has 0 bridgehead atoms. The van der Waals surface area contributed by atoms with Gasteiger partial charge in [0.05, 0.1) is 13.7 Å². The number of ether oxygens (including phenoxy) is 2. The Morgan fingerprint density at radius 3 is 2.27 bits per heavy atom. The minimum Gasteiger partial charge on any atom is -0.467 e. The Morgan fingerprint density at radius 1 is 1.08 bits per heavy atom. The van der Waals surface area contributed by atoms with E-state index >= 15 is 0 Å². The van der Waals surface area contributed by atoms with Crippen LogP contribution in [-0.4, -0.2) is 48.9 Å². The highest BCUT2D eigenvalue weighted by Crippen LogP contribution is 2.07. The molecule has 144 valence electrons. The molecule has 3 N–H and O–H groups in total. The molecule has 2 atom stereocenters. The second-order valence-corrected chi connectivity index (χ2v) is 6.16. The molecule has 0 saturated carbocycles. The quantitative estimate of drug-likeness (QED) is 0.561. The van der Waals surface area contributed by atoms with Crippen LogP contribution in [0.4, 0.5) is 4.79 Å². The van der Waals surface area contributed by atoms with Crippen molar-refractivity contribution in [2.45, 2.75) is 39.0 Å². The molecule has 0 saturated heterocycles. The molecule has 1 aromatic rings. The number of hydrogen-bond acceptors (Lipinski definition) is 6. The van der Waals surface area contributed by atoms with Gasteiger partial charge in [-0.05, 0) is 17.9 Å². The van der Waals surface area contributed by atoms with E-state index in [1.807, 2.05) is 44.2 Å². The number of methoxy groups -OCH3 is 1.